The van der Waals surface area contributed by atoms with Gasteiger partial charge in [0.2, 0.25) is 0 Å². The molecular formula is C30H32ClF3IN5O2. The number of hydrogen-bond acceptors (Lipinski definition) is 5. The Hall–Kier alpha value is -3.00. The lowest BCUT2D eigenvalue weighted by atomic mass is 10.1. The van der Waals surface area contributed by atoms with Crippen LogP contribution in [0.2, 0.25) is 5.02 Å². The Bertz CT molecular complexity index is 1430. The van der Waals surface area contributed by atoms with E-state index in [0.29, 0.717) is 12.1 Å². The van der Waals surface area contributed by atoms with Crippen LogP contribution >= 0.6 is 34.2 Å². The summed E-state index contributed by atoms with van der Waals surface area (Å²) in [7, 11) is 2.04. The fourth-order valence-corrected chi connectivity index (χ4v) is 4.84. The van der Waals surface area contributed by atoms with Crippen LogP contribution in [0.5, 0.6) is 0 Å². The van der Waals surface area contributed by atoms with Crippen molar-refractivity contribution in [2.24, 2.45) is 5.10 Å². The molecule has 224 valence electrons. The Morgan fingerprint density at radius 3 is 2.43 bits per heavy atom. The smallest absolute Gasteiger partial charge is 0.321 e. The summed E-state index contributed by atoms with van der Waals surface area (Å²) in [5.41, 5.74) is 3.24. The minimum Gasteiger partial charge on any atom is -0.321 e. The predicted molar refractivity (Wildman–Crippen MR) is 169 cm³/mol. The molecule has 0 radical (unpaired) electrons. The normalized spacial score (nSPS) is 11.9. The molecule has 0 heterocycles. The first-order valence-electron chi connectivity index (χ1n) is 13.2. The molecule has 0 bridgehead atoms. The summed E-state index contributed by atoms with van der Waals surface area (Å²) >= 11 is 7.69. The summed E-state index contributed by atoms with van der Waals surface area (Å²) in [6, 6.07) is 15.5. The second kappa shape index (κ2) is 15.5. The van der Waals surface area contributed by atoms with Gasteiger partial charge in [-0.15, -0.1) is 0 Å². The molecule has 7 nitrogen and oxygen atoms in total. The van der Waals surface area contributed by atoms with Gasteiger partial charge in [-0.1, -0.05) is 43.6 Å². The van der Waals surface area contributed by atoms with E-state index in [4.69, 9.17) is 11.6 Å². The summed E-state index contributed by atoms with van der Waals surface area (Å²) in [4.78, 5) is 30.6. The maximum atomic E-state index is 13.1. The van der Waals surface area contributed by atoms with Crippen LogP contribution in [0, 0.1) is 3.57 Å². The molecule has 3 aromatic rings. The zero-order valence-electron chi connectivity index (χ0n) is 23.4. The van der Waals surface area contributed by atoms with Crippen molar-refractivity contribution >= 4 is 57.9 Å². The maximum Gasteiger partial charge on any atom is 0.417 e. The lowest BCUT2D eigenvalue weighted by molar-refractivity contribution is -0.137. The van der Waals surface area contributed by atoms with E-state index in [1.165, 1.54) is 6.07 Å². The number of carbonyl (C=O) groups excluding carboxylic acids is 2. The zero-order chi connectivity index (χ0) is 30.9. The van der Waals surface area contributed by atoms with Crippen molar-refractivity contribution in [1.82, 2.24) is 15.2 Å². The summed E-state index contributed by atoms with van der Waals surface area (Å²) in [6.07, 6.45) is -3.54. The van der Waals surface area contributed by atoms with Crippen LogP contribution in [0.4, 0.5) is 18.9 Å². The van der Waals surface area contributed by atoms with Crippen LogP contribution in [-0.2, 0) is 12.7 Å². The summed E-state index contributed by atoms with van der Waals surface area (Å²) in [6.45, 7) is 8.79. The van der Waals surface area contributed by atoms with Crippen molar-refractivity contribution in [3.8, 4) is 0 Å². The van der Waals surface area contributed by atoms with Crippen LogP contribution in [0.1, 0.15) is 51.3 Å². The van der Waals surface area contributed by atoms with Crippen molar-refractivity contribution in [3.05, 3.63) is 97.1 Å². The van der Waals surface area contributed by atoms with Crippen LogP contribution in [-0.4, -0.2) is 61.1 Å². The van der Waals surface area contributed by atoms with E-state index in [1.54, 1.807) is 24.3 Å². The Morgan fingerprint density at radius 2 is 1.74 bits per heavy atom. The highest BCUT2D eigenvalue weighted by molar-refractivity contribution is 14.1. The van der Waals surface area contributed by atoms with Gasteiger partial charge in [-0.3, -0.25) is 9.59 Å². The molecule has 0 aliphatic heterocycles. The Labute approximate surface area is 262 Å². The topological polar surface area (TPSA) is 77.0 Å². The van der Waals surface area contributed by atoms with Gasteiger partial charge in [0, 0.05) is 28.8 Å². The number of amides is 2. The Morgan fingerprint density at radius 1 is 1.00 bits per heavy atom. The summed E-state index contributed by atoms with van der Waals surface area (Å²) < 4.78 is 40.1. The molecule has 0 aliphatic rings. The van der Waals surface area contributed by atoms with Crippen molar-refractivity contribution in [3.63, 3.8) is 0 Å². The largest absolute Gasteiger partial charge is 0.417 e. The number of alkyl halides is 3. The van der Waals surface area contributed by atoms with Crippen LogP contribution in [0.25, 0.3) is 0 Å². The van der Waals surface area contributed by atoms with Gasteiger partial charge in [-0.25, -0.2) is 5.43 Å². The minimum atomic E-state index is -4.63. The highest BCUT2D eigenvalue weighted by Crippen LogP contribution is 2.34. The van der Waals surface area contributed by atoms with E-state index in [0.717, 1.165) is 53.7 Å². The zero-order valence-corrected chi connectivity index (χ0v) is 26.3. The van der Waals surface area contributed by atoms with Gasteiger partial charge < -0.3 is 15.1 Å². The average molecular weight is 714 g/mol. The molecule has 0 spiro atoms. The molecule has 12 heteroatoms. The number of likely N-dealkylation sites (N-methyl/N-ethyl adjacent to an activating group) is 2. The van der Waals surface area contributed by atoms with Gasteiger partial charge in [0.05, 0.1) is 28.1 Å². The number of anilines is 1. The van der Waals surface area contributed by atoms with E-state index in [2.05, 4.69) is 39.5 Å². The average Bonchev–Trinajstić information content (AvgIpc) is 2.94. The van der Waals surface area contributed by atoms with Gasteiger partial charge in [0.25, 0.3) is 11.8 Å². The lowest BCUT2D eigenvalue weighted by Crippen LogP contribution is -2.32. The molecule has 2 amide bonds. The number of benzene rings is 3. The quantitative estimate of drug-likeness (QED) is 0.124. The van der Waals surface area contributed by atoms with E-state index in [1.807, 2.05) is 47.8 Å². The molecule has 0 saturated heterocycles. The molecule has 0 saturated carbocycles. The maximum absolute atomic E-state index is 13.1. The fraction of sp³-hybridized carbons (Fsp3) is 0.300. The number of carbonyl (C=O) groups is 2. The van der Waals surface area contributed by atoms with Crippen molar-refractivity contribution in [1.29, 1.82) is 0 Å². The summed E-state index contributed by atoms with van der Waals surface area (Å²) in [5.74, 6) is -1.03. The standard InChI is InChI=1S/C30H32ClF3IN5O2/c1-4-40(5-2)14-13-39(3)19-21-7-6-8-22(15-21)28(41)37-27-12-10-23(35)17-24(27)29(42)38-36-18-20-9-11-26(31)25(16-20)30(32,33)34/h6-12,15-18H,4-5,13-14,19H2,1-3H3,(H,37,41)(H,38,42)/b36-18-. The molecule has 0 fully saturated rings. The number of hydrogen-bond donors (Lipinski definition) is 2. The van der Waals surface area contributed by atoms with Gasteiger partial charge >= 0.3 is 6.18 Å². The highest BCUT2D eigenvalue weighted by Gasteiger charge is 2.33. The van der Waals surface area contributed by atoms with Crippen molar-refractivity contribution < 1.29 is 22.8 Å². The summed E-state index contributed by atoms with van der Waals surface area (Å²) in [5, 5.41) is 6.16. The third-order valence-corrected chi connectivity index (χ3v) is 7.48. The number of rotatable bonds is 12. The molecule has 42 heavy (non-hydrogen) atoms. The van der Waals surface area contributed by atoms with E-state index in [9.17, 15) is 22.8 Å². The van der Waals surface area contributed by atoms with Crippen molar-refractivity contribution in [2.45, 2.75) is 26.6 Å². The van der Waals surface area contributed by atoms with Crippen LogP contribution in [0.3, 0.4) is 0 Å². The Balaban J connectivity index is 1.69. The van der Waals surface area contributed by atoms with Gasteiger partial charge in [0.1, 0.15) is 0 Å². The first-order chi connectivity index (χ1) is 19.9. The van der Waals surface area contributed by atoms with Crippen LogP contribution in [0.15, 0.2) is 65.8 Å². The molecular weight excluding hydrogens is 682 g/mol. The molecule has 3 aromatic carbocycles. The SMILES string of the molecule is CCN(CC)CCN(C)Cc1cccc(C(=O)Nc2ccc(I)cc2C(=O)N/N=C\c2ccc(Cl)c(C(F)(F)F)c2)c1. The van der Waals surface area contributed by atoms with E-state index in [-0.39, 0.29) is 22.7 Å². The Kier molecular flexibility index (Phi) is 12.3. The van der Waals surface area contributed by atoms with Crippen molar-refractivity contribution in [2.75, 3.05) is 38.5 Å². The second-order valence-corrected chi connectivity index (χ2v) is 11.2. The number of nitrogens with zero attached hydrogens (tertiary/aromatic N) is 3. The minimum absolute atomic E-state index is 0.0989. The van der Waals surface area contributed by atoms with Gasteiger partial charge in [-0.05, 0) is 96.3 Å². The molecule has 0 atom stereocenters. The van der Waals surface area contributed by atoms with E-state index >= 15 is 0 Å². The number of nitrogens with one attached hydrogen (secondary N) is 2. The lowest BCUT2D eigenvalue weighted by Gasteiger charge is -2.23. The number of hydrazone groups is 1. The van der Waals surface area contributed by atoms with Gasteiger partial charge in [0.15, 0.2) is 0 Å². The predicted octanol–water partition coefficient (Wildman–Crippen LogP) is 6.75. The monoisotopic (exact) mass is 713 g/mol. The third kappa shape index (κ3) is 9.79. The first-order valence-corrected chi connectivity index (χ1v) is 14.7. The third-order valence-electron chi connectivity index (χ3n) is 6.48. The number of halogens is 5. The fourth-order valence-electron chi connectivity index (χ4n) is 4.13. The van der Waals surface area contributed by atoms with E-state index < -0.39 is 22.7 Å². The molecule has 0 aliphatic carbocycles. The highest BCUT2D eigenvalue weighted by atomic mass is 127. The second-order valence-electron chi connectivity index (χ2n) is 9.55. The molecule has 0 unspecified atom stereocenters. The first kappa shape index (κ1) is 33.5. The van der Waals surface area contributed by atoms with Crippen LogP contribution < -0.4 is 10.7 Å². The molecule has 2 N–H and O–H groups in total. The molecule has 3 rings (SSSR count). The van der Waals surface area contributed by atoms with Gasteiger partial charge in [-0.2, -0.15) is 18.3 Å². The molecule has 0 aromatic heterocycles.